The fourth-order valence-electron chi connectivity index (χ4n) is 0.553. The molecule has 0 fully saturated rings. The predicted octanol–water partition coefficient (Wildman–Crippen LogP) is 3.11. The molecule has 0 saturated carbocycles. The van der Waals surface area contributed by atoms with Crippen LogP contribution in [-0.2, 0) is 0 Å². The van der Waals surface area contributed by atoms with Crippen LogP contribution in [0.4, 0.5) is 0 Å². The normalized spacial score (nSPS) is 10.0. The fourth-order valence-corrected chi connectivity index (χ4v) is 1.66. The van der Waals surface area contributed by atoms with Gasteiger partial charge in [-0.05, 0) is 30.8 Å². The molecule has 0 spiro atoms. The summed E-state index contributed by atoms with van der Waals surface area (Å²) in [4.78, 5) is 0. The topological polar surface area (TPSA) is 0 Å². The molecule has 2 heteroatoms. The van der Waals surface area contributed by atoms with E-state index < -0.39 is 0 Å². The van der Waals surface area contributed by atoms with Gasteiger partial charge >= 0.3 is 0 Å². The summed E-state index contributed by atoms with van der Waals surface area (Å²) in [5.41, 5.74) is 0. The van der Waals surface area contributed by atoms with Crippen molar-refractivity contribution >= 4 is 24.4 Å². The van der Waals surface area contributed by atoms with Crippen molar-refractivity contribution < 1.29 is 0 Å². The Morgan fingerprint density at radius 3 is 2.56 bits per heavy atom. The van der Waals surface area contributed by atoms with Crippen LogP contribution in [-0.4, -0.2) is 17.3 Å². The lowest BCUT2D eigenvalue weighted by Crippen LogP contribution is -1.82. The third kappa shape index (κ3) is 8.70. The smallest absolute Gasteiger partial charge is 0.00372 e. The third-order valence-electron chi connectivity index (χ3n) is 1.03. The van der Waals surface area contributed by atoms with Gasteiger partial charge in [-0.1, -0.05) is 19.6 Å². The molecule has 0 nitrogen and oxygen atoms in total. The second-order valence-corrected chi connectivity index (χ2v) is 3.66. The molecule has 0 aliphatic carbocycles. The van der Waals surface area contributed by atoms with Crippen molar-refractivity contribution in [3.63, 3.8) is 0 Å². The molecule has 0 bridgehead atoms. The molecule has 0 aliphatic heterocycles. The Labute approximate surface area is 68.2 Å². The molecule has 55 valence electrons. The van der Waals surface area contributed by atoms with E-state index in [1.807, 2.05) is 11.8 Å². The summed E-state index contributed by atoms with van der Waals surface area (Å²) in [6, 6.07) is 0. The first-order valence-corrected chi connectivity index (χ1v) is 5.31. The Morgan fingerprint density at radius 2 is 2.00 bits per heavy atom. The molecule has 0 aliphatic rings. The Morgan fingerprint density at radius 1 is 1.22 bits per heavy atom. The predicted molar refractivity (Wildman–Crippen MR) is 49.3 cm³/mol. The summed E-state index contributed by atoms with van der Waals surface area (Å²) < 4.78 is 0. The van der Waals surface area contributed by atoms with E-state index in [-0.39, 0.29) is 0 Å². The molecule has 0 N–H and O–H groups in total. The minimum Gasteiger partial charge on any atom is -0.162 e. The molecular formula is C7H15S2. The number of hydrogen-bond donors (Lipinski definition) is 0. The molecule has 1 radical (unpaired) electrons. The minimum atomic E-state index is 0.937. The van der Waals surface area contributed by atoms with E-state index in [1.165, 1.54) is 30.8 Å². The number of unbranched alkanes of at least 4 members (excludes halogenated alkanes) is 1. The quantitative estimate of drug-likeness (QED) is 0.542. The summed E-state index contributed by atoms with van der Waals surface area (Å²) >= 11 is 6.87. The number of rotatable bonds is 6. The van der Waals surface area contributed by atoms with E-state index in [0.717, 1.165) is 5.75 Å². The summed E-state index contributed by atoms with van der Waals surface area (Å²) in [6.07, 6.45) is 3.85. The summed E-state index contributed by atoms with van der Waals surface area (Å²) in [6.45, 7) is 2.22. The van der Waals surface area contributed by atoms with Crippen molar-refractivity contribution in [1.29, 1.82) is 0 Å². The molecule has 0 aromatic heterocycles. The van der Waals surface area contributed by atoms with Gasteiger partial charge in [0.15, 0.2) is 0 Å². The SMILES string of the molecule is CCCSCCCC[S]. The van der Waals surface area contributed by atoms with Gasteiger partial charge in [-0.15, -0.1) is 0 Å². The van der Waals surface area contributed by atoms with Crippen LogP contribution in [0, 0.1) is 0 Å². The van der Waals surface area contributed by atoms with Crippen LogP contribution in [0.1, 0.15) is 26.2 Å². The van der Waals surface area contributed by atoms with Crippen molar-refractivity contribution in [3.8, 4) is 0 Å². The van der Waals surface area contributed by atoms with E-state index in [0.29, 0.717) is 0 Å². The van der Waals surface area contributed by atoms with Crippen LogP contribution in [0.5, 0.6) is 0 Å². The van der Waals surface area contributed by atoms with Gasteiger partial charge in [-0.2, -0.15) is 11.8 Å². The van der Waals surface area contributed by atoms with Gasteiger partial charge in [0.05, 0.1) is 0 Å². The maximum absolute atomic E-state index is 4.82. The highest BCUT2D eigenvalue weighted by Crippen LogP contribution is 2.05. The molecule has 9 heavy (non-hydrogen) atoms. The average Bonchev–Trinajstić information content (AvgIpc) is 1.89. The Hall–Kier alpha value is 0.700. The van der Waals surface area contributed by atoms with Crippen molar-refractivity contribution in [2.24, 2.45) is 0 Å². The first-order valence-electron chi connectivity index (χ1n) is 3.57. The monoisotopic (exact) mass is 163 g/mol. The zero-order valence-electron chi connectivity index (χ0n) is 6.06. The zero-order chi connectivity index (χ0) is 6.95. The van der Waals surface area contributed by atoms with Crippen molar-refractivity contribution in [3.05, 3.63) is 0 Å². The Balaban J connectivity index is 2.60. The Bertz CT molecular complexity index is 40.2. The molecular weight excluding hydrogens is 148 g/mol. The van der Waals surface area contributed by atoms with Crippen LogP contribution in [0.15, 0.2) is 0 Å². The van der Waals surface area contributed by atoms with E-state index >= 15 is 0 Å². The Kier molecular flexibility index (Phi) is 9.38. The van der Waals surface area contributed by atoms with Gasteiger partial charge in [0.25, 0.3) is 0 Å². The maximum atomic E-state index is 4.82. The van der Waals surface area contributed by atoms with Crippen LogP contribution in [0.2, 0.25) is 0 Å². The van der Waals surface area contributed by atoms with Crippen LogP contribution in [0.3, 0.4) is 0 Å². The molecule has 0 unspecified atom stereocenters. The standard InChI is InChI=1S/C7H15S2/c1-2-6-9-7-4-3-5-8/h2-7H2,1H3. The highest BCUT2D eigenvalue weighted by molar-refractivity contribution is 7.99. The van der Waals surface area contributed by atoms with E-state index in [4.69, 9.17) is 12.6 Å². The van der Waals surface area contributed by atoms with Gasteiger partial charge in [-0.3, -0.25) is 0 Å². The lowest BCUT2D eigenvalue weighted by Gasteiger charge is -1.95. The summed E-state index contributed by atoms with van der Waals surface area (Å²) in [5, 5.41) is 0. The fraction of sp³-hybridized carbons (Fsp3) is 1.00. The highest BCUT2D eigenvalue weighted by Gasteiger charge is 1.86. The first-order chi connectivity index (χ1) is 4.41. The second kappa shape index (κ2) is 8.70. The molecule has 0 atom stereocenters. The number of hydrogen-bond acceptors (Lipinski definition) is 1. The van der Waals surface area contributed by atoms with Crippen molar-refractivity contribution in [1.82, 2.24) is 0 Å². The second-order valence-electron chi connectivity index (χ2n) is 2.02. The largest absolute Gasteiger partial charge is 0.162 e. The third-order valence-corrected chi connectivity index (χ3v) is 2.59. The molecule has 0 heterocycles. The van der Waals surface area contributed by atoms with Crippen LogP contribution < -0.4 is 0 Å². The minimum absolute atomic E-state index is 0.937. The van der Waals surface area contributed by atoms with Crippen LogP contribution >= 0.6 is 24.4 Å². The van der Waals surface area contributed by atoms with E-state index in [2.05, 4.69) is 6.92 Å². The van der Waals surface area contributed by atoms with Gasteiger partial charge < -0.3 is 0 Å². The van der Waals surface area contributed by atoms with Crippen molar-refractivity contribution in [2.75, 3.05) is 17.3 Å². The molecule has 0 amide bonds. The van der Waals surface area contributed by atoms with Crippen LogP contribution in [0.25, 0.3) is 0 Å². The van der Waals surface area contributed by atoms with Crippen molar-refractivity contribution in [2.45, 2.75) is 26.2 Å². The molecule has 0 saturated heterocycles. The lowest BCUT2D eigenvalue weighted by molar-refractivity contribution is 0.908. The van der Waals surface area contributed by atoms with Gasteiger partial charge in [0, 0.05) is 5.75 Å². The molecule has 0 rings (SSSR count). The van der Waals surface area contributed by atoms with Gasteiger partial charge in [0.1, 0.15) is 0 Å². The molecule has 0 aromatic rings. The molecule has 0 aromatic carbocycles. The first kappa shape index (κ1) is 9.70. The van der Waals surface area contributed by atoms with E-state index in [1.54, 1.807) is 0 Å². The van der Waals surface area contributed by atoms with Gasteiger partial charge in [-0.25, -0.2) is 0 Å². The van der Waals surface area contributed by atoms with E-state index in [9.17, 15) is 0 Å². The lowest BCUT2D eigenvalue weighted by atomic mass is 10.4. The maximum Gasteiger partial charge on any atom is 0.00372 e. The zero-order valence-corrected chi connectivity index (χ0v) is 7.69. The average molecular weight is 163 g/mol. The summed E-state index contributed by atoms with van der Waals surface area (Å²) in [7, 11) is 0. The number of thioether (sulfide) groups is 1. The van der Waals surface area contributed by atoms with Gasteiger partial charge in [0.2, 0.25) is 0 Å². The summed E-state index contributed by atoms with van der Waals surface area (Å²) in [5.74, 6) is 3.56. The highest BCUT2D eigenvalue weighted by atomic mass is 32.2.